The van der Waals surface area contributed by atoms with Crippen LogP contribution in [0.1, 0.15) is 26.3 Å². The van der Waals surface area contributed by atoms with Crippen molar-refractivity contribution in [1.29, 1.82) is 0 Å². The Morgan fingerprint density at radius 3 is 2.32 bits per heavy atom. The highest BCUT2D eigenvalue weighted by molar-refractivity contribution is 5.99. The summed E-state index contributed by atoms with van der Waals surface area (Å²) in [6.07, 6.45) is 0. The summed E-state index contributed by atoms with van der Waals surface area (Å²) in [7, 11) is 0. The van der Waals surface area contributed by atoms with Gasteiger partial charge in [-0.2, -0.15) is 0 Å². The summed E-state index contributed by atoms with van der Waals surface area (Å²) < 4.78 is 6.94. The zero-order valence-electron chi connectivity index (χ0n) is 15.0. The highest BCUT2D eigenvalue weighted by atomic mass is 16.5. The van der Waals surface area contributed by atoms with Gasteiger partial charge in [-0.1, -0.05) is 59.8 Å². The second kappa shape index (κ2) is 7.84. The van der Waals surface area contributed by atoms with Crippen molar-refractivity contribution >= 4 is 22.8 Å². The number of aromatic nitrogens is 3. The molecule has 4 rings (SSSR count). The molecule has 0 saturated heterocycles. The summed E-state index contributed by atoms with van der Waals surface area (Å²) in [5.74, 6) is -0.759. The predicted octanol–water partition coefficient (Wildman–Crippen LogP) is 3.52. The number of fused-ring (bicyclic) bond motifs is 1. The molecule has 0 aliphatic heterocycles. The number of carbonyl (C=O) groups excluding carboxylic acids is 2. The maximum absolute atomic E-state index is 12.2. The molecule has 0 atom stereocenters. The van der Waals surface area contributed by atoms with Gasteiger partial charge < -0.3 is 4.74 Å². The van der Waals surface area contributed by atoms with E-state index in [1.807, 2.05) is 42.5 Å². The molecule has 0 bridgehead atoms. The summed E-state index contributed by atoms with van der Waals surface area (Å²) in [4.78, 5) is 24.2. The first-order valence-corrected chi connectivity index (χ1v) is 8.83. The molecular weight excluding hydrogens is 354 g/mol. The third kappa shape index (κ3) is 3.81. The molecular formula is C22H17N3O3. The van der Waals surface area contributed by atoms with E-state index in [0.29, 0.717) is 17.7 Å². The van der Waals surface area contributed by atoms with E-state index >= 15 is 0 Å². The van der Waals surface area contributed by atoms with Gasteiger partial charge in [0.1, 0.15) is 5.52 Å². The number of ether oxygens (including phenoxy) is 1. The highest BCUT2D eigenvalue weighted by Gasteiger charge is 2.12. The largest absolute Gasteiger partial charge is 0.454 e. The first-order chi connectivity index (χ1) is 13.7. The van der Waals surface area contributed by atoms with Crippen LogP contribution < -0.4 is 0 Å². The van der Waals surface area contributed by atoms with Gasteiger partial charge in [-0.3, -0.25) is 4.79 Å². The number of para-hydroxylation sites is 1. The molecule has 6 heteroatoms. The van der Waals surface area contributed by atoms with Crippen molar-refractivity contribution in [1.82, 2.24) is 15.0 Å². The lowest BCUT2D eigenvalue weighted by molar-refractivity contribution is 0.0474. The minimum Gasteiger partial charge on any atom is -0.454 e. The van der Waals surface area contributed by atoms with E-state index in [0.717, 1.165) is 16.6 Å². The fourth-order valence-corrected chi connectivity index (χ4v) is 2.88. The molecule has 1 heterocycles. The Morgan fingerprint density at radius 2 is 1.54 bits per heavy atom. The molecule has 3 aromatic carbocycles. The second-order valence-electron chi connectivity index (χ2n) is 6.30. The fraction of sp³-hybridized carbons (Fsp3) is 0.0909. The van der Waals surface area contributed by atoms with E-state index in [1.54, 1.807) is 41.1 Å². The molecule has 0 amide bonds. The number of hydrogen-bond donors (Lipinski definition) is 0. The van der Waals surface area contributed by atoms with Crippen LogP contribution in [0.3, 0.4) is 0 Å². The monoisotopic (exact) mass is 371 g/mol. The van der Waals surface area contributed by atoms with E-state index in [9.17, 15) is 9.59 Å². The molecule has 138 valence electrons. The Balaban J connectivity index is 1.38. The summed E-state index contributed by atoms with van der Waals surface area (Å²) in [5.41, 5.74) is 3.68. The van der Waals surface area contributed by atoms with Crippen LogP contribution in [0.15, 0.2) is 78.9 Å². The summed E-state index contributed by atoms with van der Waals surface area (Å²) in [5, 5.41) is 8.30. The van der Waals surface area contributed by atoms with Crippen LogP contribution in [0.2, 0.25) is 0 Å². The maximum Gasteiger partial charge on any atom is 0.338 e. The minimum absolute atomic E-state index is 0.233. The standard InChI is InChI=1S/C22H17N3O3/c26-21(17-6-2-1-3-7-17)15-28-22(27)18-12-10-16(11-13-18)14-25-20-9-5-4-8-19(20)23-24-25/h1-13H,14-15H2. The number of benzene rings is 3. The maximum atomic E-state index is 12.2. The van der Waals surface area contributed by atoms with Gasteiger partial charge in [0, 0.05) is 5.56 Å². The van der Waals surface area contributed by atoms with Crippen LogP contribution in [0.25, 0.3) is 11.0 Å². The molecule has 0 aliphatic rings. The number of Topliss-reactive ketones (excluding diaryl/α,β-unsaturated/α-hetero) is 1. The quantitative estimate of drug-likeness (QED) is 0.383. The number of ketones is 1. The van der Waals surface area contributed by atoms with Crippen LogP contribution in [0, 0.1) is 0 Å². The van der Waals surface area contributed by atoms with E-state index in [1.165, 1.54) is 0 Å². The summed E-state index contributed by atoms with van der Waals surface area (Å²) in [6.45, 7) is 0.262. The van der Waals surface area contributed by atoms with E-state index in [2.05, 4.69) is 10.3 Å². The second-order valence-corrected chi connectivity index (χ2v) is 6.30. The van der Waals surface area contributed by atoms with Crippen molar-refractivity contribution in [3.8, 4) is 0 Å². The van der Waals surface area contributed by atoms with Gasteiger partial charge in [0.2, 0.25) is 0 Å². The number of carbonyl (C=O) groups is 2. The smallest absolute Gasteiger partial charge is 0.338 e. The first kappa shape index (κ1) is 17.6. The van der Waals surface area contributed by atoms with Gasteiger partial charge in [-0.25, -0.2) is 9.48 Å². The Hall–Kier alpha value is -3.80. The molecule has 0 aliphatic carbocycles. The van der Waals surface area contributed by atoms with Gasteiger partial charge in [-0.05, 0) is 29.8 Å². The number of rotatable bonds is 6. The molecule has 6 nitrogen and oxygen atoms in total. The molecule has 0 fully saturated rings. The first-order valence-electron chi connectivity index (χ1n) is 8.83. The third-order valence-corrected chi connectivity index (χ3v) is 4.37. The molecule has 0 unspecified atom stereocenters. The van der Waals surface area contributed by atoms with E-state index < -0.39 is 5.97 Å². The predicted molar refractivity (Wildman–Crippen MR) is 104 cm³/mol. The molecule has 28 heavy (non-hydrogen) atoms. The Bertz CT molecular complexity index is 1120. The lowest BCUT2D eigenvalue weighted by Gasteiger charge is -2.06. The number of nitrogens with zero attached hydrogens (tertiary/aromatic N) is 3. The Labute approximate surface area is 161 Å². The summed E-state index contributed by atoms with van der Waals surface area (Å²) >= 11 is 0. The lowest BCUT2D eigenvalue weighted by atomic mass is 10.1. The molecule has 0 N–H and O–H groups in total. The van der Waals surface area contributed by atoms with Crippen LogP contribution in [-0.4, -0.2) is 33.4 Å². The summed E-state index contributed by atoms with van der Waals surface area (Å²) in [6, 6.07) is 23.5. The zero-order chi connectivity index (χ0) is 19.3. The van der Waals surface area contributed by atoms with Crippen molar-refractivity contribution in [2.24, 2.45) is 0 Å². The topological polar surface area (TPSA) is 74.1 Å². The van der Waals surface area contributed by atoms with Crippen LogP contribution in [-0.2, 0) is 11.3 Å². The van der Waals surface area contributed by atoms with E-state index in [-0.39, 0.29) is 12.4 Å². The van der Waals surface area contributed by atoms with Crippen molar-refractivity contribution in [2.75, 3.05) is 6.61 Å². The van der Waals surface area contributed by atoms with Crippen LogP contribution in [0.4, 0.5) is 0 Å². The van der Waals surface area contributed by atoms with Crippen molar-refractivity contribution in [3.63, 3.8) is 0 Å². The normalized spacial score (nSPS) is 10.7. The Morgan fingerprint density at radius 1 is 0.821 bits per heavy atom. The molecule has 0 radical (unpaired) electrons. The minimum atomic E-state index is -0.526. The zero-order valence-corrected chi connectivity index (χ0v) is 15.0. The van der Waals surface area contributed by atoms with Gasteiger partial charge >= 0.3 is 5.97 Å². The molecule has 4 aromatic rings. The molecule has 1 aromatic heterocycles. The number of esters is 1. The van der Waals surface area contributed by atoms with Crippen molar-refractivity contribution in [2.45, 2.75) is 6.54 Å². The Kier molecular flexibility index (Phi) is 4.93. The third-order valence-electron chi connectivity index (χ3n) is 4.37. The number of hydrogen-bond acceptors (Lipinski definition) is 5. The fourth-order valence-electron chi connectivity index (χ4n) is 2.88. The van der Waals surface area contributed by atoms with Gasteiger partial charge in [0.25, 0.3) is 0 Å². The van der Waals surface area contributed by atoms with Crippen molar-refractivity contribution in [3.05, 3.63) is 95.6 Å². The highest BCUT2D eigenvalue weighted by Crippen LogP contribution is 2.13. The molecule has 0 saturated carbocycles. The van der Waals surface area contributed by atoms with Crippen LogP contribution >= 0.6 is 0 Å². The van der Waals surface area contributed by atoms with Crippen molar-refractivity contribution < 1.29 is 14.3 Å². The van der Waals surface area contributed by atoms with Gasteiger partial charge in [-0.15, -0.1) is 5.10 Å². The average Bonchev–Trinajstić information content (AvgIpc) is 3.16. The SMILES string of the molecule is O=C(COC(=O)c1ccc(Cn2nnc3ccccc32)cc1)c1ccccc1. The van der Waals surface area contributed by atoms with Gasteiger partial charge in [0.05, 0.1) is 17.6 Å². The van der Waals surface area contributed by atoms with Gasteiger partial charge in [0.15, 0.2) is 12.4 Å². The van der Waals surface area contributed by atoms with Crippen LogP contribution in [0.5, 0.6) is 0 Å². The van der Waals surface area contributed by atoms with E-state index in [4.69, 9.17) is 4.74 Å². The molecule has 0 spiro atoms. The lowest BCUT2D eigenvalue weighted by Crippen LogP contribution is -2.14. The average molecular weight is 371 g/mol.